The monoisotopic (exact) mass is 356 g/mol. The van der Waals surface area contributed by atoms with Crippen LogP contribution in [0.1, 0.15) is 5.56 Å². The Bertz CT molecular complexity index is 714. The summed E-state index contributed by atoms with van der Waals surface area (Å²) in [6.45, 7) is 0.190. The molecule has 5 nitrogen and oxygen atoms in total. The van der Waals surface area contributed by atoms with Gasteiger partial charge in [-0.25, -0.2) is 9.37 Å². The van der Waals surface area contributed by atoms with E-state index in [1.807, 2.05) is 0 Å². The lowest BCUT2D eigenvalue weighted by molar-refractivity contribution is -0.112. The van der Waals surface area contributed by atoms with Crippen molar-refractivity contribution in [3.8, 4) is 0 Å². The zero-order valence-electron chi connectivity index (χ0n) is 12.6. The highest BCUT2D eigenvalue weighted by molar-refractivity contribution is 6.33. The minimum atomic E-state index is -1.38. The van der Waals surface area contributed by atoms with Crippen LogP contribution in [0.3, 0.4) is 0 Å². The normalized spacial score (nSPS) is 13.7. The average molecular weight is 357 g/mol. The van der Waals surface area contributed by atoms with Crippen molar-refractivity contribution in [3.63, 3.8) is 0 Å². The number of aldehydes is 1. The van der Waals surface area contributed by atoms with Gasteiger partial charge in [0.25, 0.3) is 0 Å². The van der Waals surface area contributed by atoms with Crippen LogP contribution < -0.4 is 5.32 Å². The van der Waals surface area contributed by atoms with Gasteiger partial charge in [-0.2, -0.15) is 4.98 Å². The van der Waals surface area contributed by atoms with Crippen molar-refractivity contribution < 1.29 is 9.18 Å². The summed E-state index contributed by atoms with van der Waals surface area (Å²) in [5.41, 5.74) is -1.19. The zero-order valence-corrected chi connectivity index (χ0v) is 14.1. The molecule has 122 valence electrons. The van der Waals surface area contributed by atoms with Gasteiger partial charge in [-0.3, -0.25) is 0 Å². The highest BCUT2D eigenvalue weighted by atomic mass is 35.5. The molecule has 0 spiro atoms. The first-order chi connectivity index (χ1) is 10.9. The van der Waals surface area contributed by atoms with E-state index in [9.17, 15) is 9.18 Å². The van der Waals surface area contributed by atoms with Crippen LogP contribution >= 0.6 is 23.2 Å². The van der Waals surface area contributed by atoms with E-state index >= 15 is 0 Å². The number of likely N-dealkylation sites (N-methyl/N-ethyl adjacent to an activating group) is 1. The van der Waals surface area contributed by atoms with E-state index in [4.69, 9.17) is 23.2 Å². The molecule has 0 amide bonds. The number of carbonyl (C=O) groups excluding carboxylic acids is 1. The van der Waals surface area contributed by atoms with Crippen LogP contribution in [0.2, 0.25) is 10.3 Å². The summed E-state index contributed by atoms with van der Waals surface area (Å²) in [7, 11) is 3.55. The smallest absolute Gasteiger partial charge is 0.224 e. The molecule has 1 heterocycles. The number of halogens is 3. The van der Waals surface area contributed by atoms with Gasteiger partial charge < -0.3 is 15.0 Å². The van der Waals surface area contributed by atoms with E-state index in [2.05, 4.69) is 15.3 Å². The Morgan fingerprint density at radius 2 is 2.04 bits per heavy atom. The minimum absolute atomic E-state index is 0.0323. The molecular formula is C15H15Cl2FN4O. The number of carbonyl (C=O) groups is 1. The molecule has 0 aliphatic carbocycles. The molecular weight excluding hydrogens is 342 g/mol. The Kier molecular flexibility index (Phi) is 5.51. The summed E-state index contributed by atoms with van der Waals surface area (Å²) >= 11 is 11.8. The third-order valence-electron chi connectivity index (χ3n) is 3.18. The number of benzene rings is 1. The van der Waals surface area contributed by atoms with E-state index in [-0.39, 0.29) is 28.2 Å². The fraction of sp³-hybridized carbons (Fsp3) is 0.267. The number of hydrogen-bond acceptors (Lipinski definition) is 5. The van der Waals surface area contributed by atoms with E-state index < -0.39 is 11.4 Å². The summed E-state index contributed by atoms with van der Waals surface area (Å²) in [6.07, 6.45) is 1.95. The molecule has 0 saturated heterocycles. The maximum atomic E-state index is 14.3. The Hall–Kier alpha value is -1.76. The van der Waals surface area contributed by atoms with Gasteiger partial charge in [-0.15, -0.1) is 0 Å². The predicted molar refractivity (Wildman–Crippen MR) is 88.4 cm³/mol. The number of nitrogens with zero attached hydrogens (tertiary/aromatic N) is 3. The van der Waals surface area contributed by atoms with Crippen molar-refractivity contribution in [1.29, 1.82) is 0 Å². The van der Waals surface area contributed by atoms with Crippen LogP contribution in [-0.2, 0) is 10.3 Å². The van der Waals surface area contributed by atoms with Crippen LogP contribution in [0, 0.1) is 5.82 Å². The van der Waals surface area contributed by atoms with Crippen LogP contribution in [0.4, 0.5) is 10.2 Å². The third kappa shape index (κ3) is 3.96. The second-order valence-electron chi connectivity index (χ2n) is 5.27. The molecule has 0 aliphatic rings. The van der Waals surface area contributed by atoms with Gasteiger partial charge in [0.1, 0.15) is 16.4 Å². The lowest BCUT2D eigenvalue weighted by Crippen LogP contribution is -2.46. The fourth-order valence-corrected chi connectivity index (χ4v) is 2.56. The van der Waals surface area contributed by atoms with Crippen molar-refractivity contribution in [2.75, 3.05) is 26.0 Å². The second-order valence-corrected chi connectivity index (χ2v) is 6.01. The lowest BCUT2D eigenvalue weighted by Gasteiger charge is -2.33. The van der Waals surface area contributed by atoms with Gasteiger partial charge in [-0.1, -0.05) is 29.8 Å². The fourth-order valence-electron chi connectivity index (χ4n) is 2.29. The van der Waals surface area contributed by atoms with Crippen molar-refractivity contribution >= 4 is 35.3 Å². The molecule has 0 bridgehead atoms. The second kappa shape index (κ2) is 7.21. The summed E-state index contributed by atoms with van der Waals surface area (Å²) in [5.74, 6) is -0.353. The third-order valence-corrected chi connectivity index (χ3v) is 3.64. The SMILES string of the molecule is CN(C)CC(C=O)(Nc1nc(Cl)ncc1Cl)c1ccccc1F. The van der Waals surface area contributed by atoms with Gasteiger partial charge in [0.15, 0.2) is 12.1 Å². The number of hydrogen-bond donors (Lipinski definition) is 1. The standard InChI is InChI=1S/C15H15Cl2FN4O/c1-22(2)8-15(9-23,10-5-3-4-6-12(10)18)21-13-11(16)7-19-14(17)20-13/h3-7,9H,8H2,1-2H3,(H,19,20,21). The van der Waals surface area contributed by atoms with Gasteiger partial charge >= 0.3 is 0 Å². The molecule has 8 heteroatoms. The van der Waals surface area contributed by atoms with E-state index in [0.29, 0.717) is 6.29 Å². The molecule has 2 rings (SSSR count). The molecule has 0 radical (unpaired) electrons. The number of rotatable bonds is 6. The summed E-state index contributed by atoms with van der Waals surface area (Å²) in [5, 5.41) is 3.07. The summed E-state index contributed by atoms with van der Waals surface area (Å²) in [4.78, 5) is 21.4. The quantitative estimate of drug-likeness (QED) is 0.636. The molecule has 1 aromatic heterocycles. The van der Waals surface area contributed by atoms with Crippen molar-refractivity contribution in [2.45, 2.75) is 5.54 Å². The largest absolute Gasteiger partial charge is 0.352 e. The molecule has 1 N–H and O–H groups in total. The number of anilines is 1. The highest BCUT2D eigenvalue weighted by Gasteiger charge is 2.36. The van der Waals surface area contributed by atoms with E-state index in [1.165, 1.54) is 18.3 Å². The zero-order chi connectivity index (χ0) is 17.0. The Balaban J connectivity index is 2.56. The van der Waals surface area contributed by atoms with E-state index in [1.54, 1.807) is 31.1 Å². The highest BCUT2D eigenvalue weighted by Crippen LogP contribution is 2.30. The van der Waals surface area contributed by atoms with Crippen molar-refractivity contribution in [1.82, 2.24) is 14.9 Å². The number of aromatic nitrogens is 2. The van der Waals surface area contributed by atoms with Crippen LogP contribution in [0.5, 0.6) is 0 Å². The first-order valence-corrected chi connectivity index (χ1v) is 7.46. The van der Waals surface area contributed by atoms with Crippen LogP contribution in [0.15, 0.2) is 30.5 Å². The van der Waals surface area contributed by atoms with Gasteiger partial charge in [0.05, 0.1) is 6.20 Å². The predicted octanol–water partition coefficient (Wildman–Crippen LogP) is 2.99. The molecule has 0 fully saturated rings. The van der Waals surface area contributed by atoms with Gasteiger partial charge in [-0.05, 0) is 31.8 Å². The Labute approximate surface area is 143 Å². The van der Waals surface area contributed by atoms with Gasteiger partial charge in [0.2, 0.25) is 5.28 Å². The summed E-state index contributed by atoms with van der Waals surface area (Å²) in [6, 6.07) is 6.04. The maximum absolute atomic E-state index is 14.3. The topological polar surface area (TPSA) is 58.1 Å². The molecule has 1 atom stereocenters. The van der Waals surface area contributed by atoms with Gasteiger partial charge in [0, 0.05) is 12.1 Å². The van der Waals surface area contributed by atoms with Crippen LogP contribution in [-0.4, -0.2) is 41.8 Å². The minimum Gasteiger partial charge on any atom is -0.352 e. The molecule has 23 heavy (non-hydrogen) atoms. The molecule has 1 aromatic carbocycles. The first-order valence-electron chi connectivity index (χ1n) is 6.70. The molecule has 2 aromatic rings. The average Bonchev–Trinajstić information content (AvgIpc) is 2.50. The first kappa shape index (κ1) is 17.6. The lowest BCUT2D eigenvalue weighted by atomic mass is 9.90. The maximum Gasteiger partial charge on any atom is 0.224 e. The Morgan fingerprint density at radius 1 is 1.35 bits per heavy atom. The van der Waals surface area contributed by atoms with Crippen molar-refractivity contribution in [3.05, 3.63) is 52.1 Å². The molecule has 0 saturated carbocycles. The number of nitrogens with one attached hydrogen (secondary N) is 1. The molecule has 1 unspecified atom stereocenters. The van der Waals surface area contributed by atoms with E-state index in [0.717, 1.165) is 0 Å². The summed E-state index contributed by atoms with van der Waals surface area (Å²) < 4.78 is 14.3. The molecule has 0 aliphatic heterocycles. The Morgan fingerprint density at radius 3 is 2.65 bits per heavy atom. The van der Waals surface area contributed by atoms with Crippen molar-refractivity contribution in [2.24, 2.45) is 0 Å². The van der Waals surface area contributed by atoms with Crippen LogP contribution in [0.25, 0.3) is 0 Å².